The molecule has 118 valence electrons. The lowest BCUT2D eigenvalue weighted by Gasteiger charge is -2.07. The van der Waals surface area contributed by atoms with Gasteiger partial charge in [-0.2, -0.15) is 4.98 Å². The van der Waals surface area contributed by atoms with E-state index in [1.165, 1.54) is 12.1 Å². The van der Waals surface area contributed by atoms with Crippen LogP contribution in [0.1, 0.15) is 42.3 Å². The molecule has 0 fully saturated rings. The quantitative estimate of drug-likeness (QED) is 0.845. The smallest absolute Gasteiger partial charge is 0.264 e. The lowest BCUT2D eigenvalue weighted by molar-refractivity contribution is 0.0995. The molecule has 0 aliphatic carbocycles. The predicted octanol–water partition coefficient (Wildman–Crippen LogP) is 2.99. The number of rotatable bonds is 7. The number of primary amides is 1. The molecule has 1 amide bonds. The first-order chi connectivity index (χ1) is 10.5. The fourth-order valence-electron chi connectivity index (χ4n) is 1.83. The molecule has 0 radical (unpaired) electrons. The van der Waals surface area contributed by atoms with E-state index in [4.69, 9.17) is 26.6 Å². The van der Waals surface area contributed by atoms with Gasteiger partial charge in [-0.05, 0) is 30.5 Å². The number of hydrogen-bond donors (Lipinski definition) is 1. The van der Waals surface area contributed by atoms with Crippen molar-refractivity contribution in [1.82, 2.24) is 10.1 Å². The molecule has 22 heavy (non-hydrogen) atoms. The molecule has 0 bridgehead atoms. The highest BCUT2D eigenvalue weighted by molar-refractivity contribution is 6.30. The Labute approximate surface area is 133 Å². The Hall–Kier alpha value is -2.08. The molecular formula is C15H18ClN3O3. The lowest BCUT2D eigenvalue weighted by Crippen LogP contribution is -2.13. The van der Waals surface area contributed by atoms with E-state index in [0.29, 0.717) is 28.4 Å². The van der Waals surface area contributed by atoms with Crippen LogP contribution in [-0.4, -0.2) is 16.0 Å². The first-order valence-corrected chi connectivity index (χ1v) is 7.37. The maximum absolute atomic E-state index is 11.3. The van der Waals surface area contributed by atoms with Gasteiger partial charge in [-0.3, -0.25) is 4.79 Å². The van der Waals surface area contributed by atoms with Gasteiger partial charge < -0.3 is 15.0 Å². The molecule has 7 heteroatoms. The summed E-state index contributed by atoms with van der Waals surface area (Å²) in [4.78, 5) is 15.6. The summed E-state index contributed by atoms with van der Waals surface area (Å²) < 4.78 is 10.6. The number of carbonyl (C=O) groups is 1. The molecular weight excluding hydrogens is 306 g/mol. The maximum Gasteiger partial charge on any atom is 0.264 e. The van der Waals surface area contributed by atoms with E-state index in [1.807, 2.05) is 0 Å². The minimum Gasteiger partial charge on any atom is -0.483 e. The van der Waals surface area contributed by atoms with Crippen LogP contribution in [0, 0.1) is 5.92 Å². The van der Waals surface area contributed by atoms with Crippen molar-refractivity contribution in [1.29, 1.82) is 0 Å². The number of aromatic nitrogens is 2. The van der Waals surface area contributed by atoms with E-state index in [9.17, 15) is 4.79 Å². The molecule has 0 spiro atoms. The van der Waals surface area contributed by atoms with Gasteiger partial charge in [0.1, 0.15) is 5.75 Å². The van der Waals surface area contributed by atoms with Crippen molar-refractivity contribution in [2.45, 2.75) is 33.3 Å². The molecule has 1 aromatic carbocycles. The van der Waals surface area contributed by atoms with E-state index < -0.39 is 5.91 Å². The minimum atomic E-state index is -0.588. The summed E-state index contributed by atoms with van der Waals surface area (Å²) in [6.07, 6.45) is 1.74. The Morgan fingerprint density at radius 1 is 1.45 bits per heavy atom. The second kappa shape index (κ2) is 7.26. The van der Waals surface area contributed by atoms with Crippen LogP contribution in [-0.2, 0) is 13.0 Å². The zero-order valence-corrected chi connectivity index (χ0v) is 13.3. The second-order valence-electron chi connectivity index (χ2n) is 5.33. The van der Waals surface area contributed by atoms with Crippen molar-refractivity contribution in [2.75, 3.05) is 0 Å². The largest absolute Gasteiger partial charge is 0.483 e. The third kappa shape index (κ3) is 4.46. The summed E-state index contributed by atoms with van der Waals surface area (Å²) in [5, 5.41) is 4.34. The maximum atomic E-state index is 11.3. The van der Waals surface area contributed by atoms with Gasteiger partial charge in [-0.25, -0.2) is 0 Å². The Bertz CT molecular complexity index is 655. The van der Waals surface area contributed by atoms with E-state index in [0.717, 1.165) is 12.8 Å². The van der Waals surface area contributed by atoms with Crippen LogP contribution in [0.15, 0.2) is 22.7 Å². The Balaban J connectivity index is 2.01. The molecule has 2 N–H and O–H groups in total. The Morgan fingerprint density at radius 3 is 2.91 bits per heavy atom. The molecule has 6 nitrogen and oxygen atoms in total. The molecule has 1 heterocycles. The number of aryl methyl sites for hydroxylation is 1. The molecule has 0 saturated heterocycles. The van der Waals surface area contributed by atoms with Gasteiger partial charge in [0.25, 0.3) is 11.8 Å². The average Bonchev–Trinajstić information content (AvgIpc) is 2.90. The van der Waals surface area contributed by atoms with Crippen LogP contribution in [0.2, 0.25) is 5.02 Å². The van der Waals surface area contributed by atoms with Crippen LogP contribution < -0.4 is 10.5 Å². The van der Waals surface area contributed by atoms with Gasteiger partial charge in [-0.15, -0.1) is 0 Å². The Kier molecular flexibility index (Phi) is 5.38. The number of amides is 1. The molecule has 1 aromatic heterocycles. The minimum absolute atomic E-state index is 0.0509. The topological polar surface area (TPSA) is 91.2 Å². The summed E-state index contributed by atoms with van der Waals surface area (Å²) in [5.74, 6) is 1.27. The highest BCUT2D eigenvalue weighted by Crippen LogP contribution is 2.24. The van der Waals surface area contributed by atoms with Crippen molar-refractivity contribution >= 4 is 17.5 Å². The van der Waals surface area contributed by atoms with Crippen LogP contribution in [0.5, 0.6) is 5.75 Å². The molecule has 0 atom stereocenters. The second-order valence-corrected chi connectivity index (χ2v) is 5.77. The predicted molar refractivity (Wildman–Crippen MR) is 81.8 cm³/mol. The van der Waals surface area contributed by atoms with Crippen molar-refractivity contribution in [3.8, 4) is 5.75 Å². The number of benzene rings is 1. The van der Waals surface area contributed by atoms with Crippen LogP contribution in [0.4, 0.5) is 0 Å². The number of nitrogens with zero attached hydrogens (tertiary/aromatic N) is 2. The molecule has 0 unspecified atom stereocenters. The SMILES string of the molecule is CC(C)CCc1noc(COc2cc(Cl)ccc2C(N)=O)n1. The van der Waals surface area contributed by atoms with E-state index in [-0.39, 0.29) is 12.2 Å². The van der Waals surface area contributed by atoms with Crippen molar-refractivity contribution in [3.05, 3.63) is 40.5 Å². The molecule has 2 rings (SSSR count). The van der Waals surface area contributed by atoms with Gasteiger partial charge in [0.15, 0.2) is 12.4 Å². The number of nitrogens with two attached hydrogens (primary N) is 1. The van der Waals surface area contributed by atoms with Gasteiger partial charge in [-0.1, -0.05) is 30.6 Å². The zero-order valence-electron chi connectivity index (χ0n) is 12.5. The van der Waals surface area contributed by atoms with E-state index >= 15 is 0 Å². The fourth-order valence-corrected chi connectivity index (χ4v) is 1.99. The van der Waals surface area contributed by atoms with E-state index in [2.05, 4.69) is 24.0 Å². The van der Waals surface area contributed by atoms with Gasteiger partial charge >= 0.3 is 0 Å². The van der Waals surface area contributed by atoms with Crippen LogP contribution in [0.3, 0.4) is 0 Å². The van der Waals surface area contributed by atoms with Gasteiger partial charge in [0.05, 0.1) is 5.56 Å². The third-order valence-corrected chi connectivity index (χ3v) is 3.25. The van der Waals surface area contributed by atoms with Crippen LogP contribution >= 0.6 is 11.6 Å². The highest BCUT2D eigenvalue weighted by atomic mass is 35.5. The number of hydrogen-bond acceptors (Lipinski definition) is 5. The molecule has 0 aliphatic rings. The molecule has 0 saturated carbocycles. The number of carbonyl (C=O) groups excluding carboxylic acids is 1. The first-order valence-electron chi connectivity index (χ1n) is 6.99. The van der Waals surface area contributed by atoms with Gasteiger partial charge in [0.2, 0.25) is 0 Å². The summed E-state index contributed by atoms with van der Waals surface area (Å²) in [7, 11) is 0. The fraction of sp³-hybridized carbons (Fsp3) is 0.400. The third-order valence-electron chi connectivity index (χ3n) is 3.02. The lowest BCUT2D eigenvalue weighted by atomic mass is 10.1. The van der Waals surface area contributed by atoms with Crippen molar-refractivity contribution < 1.29 is 14.1 Å². The number of ether oxygens (including phenoxy) is 1. The number of halogens is 1. The molecule has 0 aliphatic heterocycles. The Morgan fingerprint density at radius 2 is 2.23 bits per heavy atom. The summed E-state index contributed by atoms with van der Waals surface area (Å²) in [6.45, 7) is 4.32. The summed E-state index contributed by atoms with van der Waals surface area (Å²) >= 11 is 5.89. The highest BCUT2D eigenvalue weighted by Gasteiger charge is 2.13. The average molecular weight is 324 g/mol. The first kappa shape index (κ1) is 16.3. The van der Waals surface area contributed by atoms with Crippen LogP contribution in [0.25, 0.3) is 0 Å². The zero-order chi connectivity index (χ0) is 16.1. The molecule has 2 aromatic rings. The van der Waals surface area contributed by atoms with Crippen molar-refractivity contribution in [3.63, 3.8) is 0 Å². The normalized spacial score (nSPS) is 10.9. The standard InChI is InChI=1S/C15H18ClN3O3/c1-9(2)3-6-13-18-14(22-19-13)8-21-12-7-10(16)4-5-11(12)15(17)20/h4-5,7,9H,3,6,8H2,1-2H3,(H2,17,20). The summed E-state index contributed by atoms with van der Waals surface area (Å²) in [6, 6.07) is 4.62. The monoisotopic (exact) mass is 323 g/mol. The van der Waals surface area contributed by atoms with E-state index in [1.54, 1.807) is 6.07 Å². The summed E-state index contributed by atoms with van der Waals surface area (Å²) in [5.41, 5.74) is 5.55. The van der Waals surface area contributed by atoms with Gasteiger partial charge in [0, 0.05) is 11.4 Å². The van der Waals surface area contributed by atoms with Crippen molar-refractivity contribution in [2.24, 2.45) is 11.7 Å².